The van der Waals surface area contributed by atoms with Gasteiger partial charge in [-0.25, -0.2) is 0 Å². The molecule has 2 heterocycles. The first-order chi connectivity index (χ1) is 10.4. The largest absolute Gasteiger partial charge is 0.481 e. The lowest BCUT2D eigenvalue weighted by Gasteiger charge is -2.25. The molecular formula is C17H22N2O3. The van der Waals surface area contributed by atoms with Gasteiger partial charge in [0.1, 0.15) is 0 Å². The summed E-state index contributed by atoms with van der Waals surface area (Å²) in [5.41, 5.74) is 1.37. The number of carboxylic acid groups (broad SMARTS) is 1. The van der Waals surface area contributed by atoms with Crippen LogP contribution in [0.4, 0.5) is 5.69 Å². The van der Waals surface area contributed by atoms with Gasteiger partial charge in [0.15, 0.2) is 0 Å². The highest BCUT2D eigenvalue weighted by Gasteiger charge is 2.46. The Kier molecular flexibility index (Phi) is 3.68. The molecule has 2 unspecified atom stereocenters. The van der Waals surface area contributed by atoms with E-state index in [-0.39, 0.29) is 11.9 Å². The smallest absolute Gasteiger partial charge is 0.310 e. The van der Waals surface area contributed by atoms with E-state index >= 15 is 0 Å². The zero-order valence-corrected chi connectivity index (χ0v) is 13.1. The zero-order valence-electron chi connectivity index (χ0n) is 13.1. The van der Waals surface area contributed by atoms with Crippen molar-refractivity contribution in [2.24, 2.45) is 5.41 Å². The van der Waals surface area contributed by atoms with E-state index in [1.54, 1.807) is 6.92 Å². The maximum absolute atomic E-state index is 12.7. The number of rotatable bonds is 3. The minimum Gasteiger partial charge on any atom is -0.481 e. The van der Waals surface area contributed by atoms with E-state index in [4.69, 9.17) is 0 Å². The lowest BCUT2D eigenvalue weighted by Crippen LogP contribution is -2.42. The third-order valence-electron chi connectivity index (χ3n) is 4.98. The third-order valence-corrected chi connectivity index (χ3v) is 4.98. The van der Waals surface area contributed by atoms with Crippen LogP contribution >= 0.6 is 0 Å². The summed E-state index contributed by atoms with van der Waals surface area (Å²) in [5, 5.41) is 9.33. The first-order valence-electron chi connectivity index (χ1n) is 7.76. The Morgan fingerprint density at radius 3 is 2.55 bits per heavy atom. The molecule has 2 saturated heterocycles. The minimum atomic E-state index is -0.768. The van der Waals surface area contributed by atoms with Crippen molar-refractivity contribution in [3.63, 3.8) is 0 Å². The molecule has 2 fully saturated rings. The van der Waals surface area contributed by atoms with Crippen molar-refractivity contribution in [3.05, 3.63) is 29.8 Å². The summed E-state index contributed by atoms with van der Waals surface area (Å²) in [6, 6.07) is 7.78. The van der Waals surface area contributed by atoms with Crippen LogP contribution in [0.1, 0.15) is 25.3 Å². The van der Waals surface area contributed by atoms with Crippen molar-refractivity contribution < 1.29 is 14.7 Å². The Hall–Kier alpha value is -1.88. The van der Waals surface area contributed by atoms with Gasteiger partial charge in [-0.15, -0.1) is 0 Å². The molecule has 0 saturated carbocycles. The molecule has 2 aliphatic heterocycles. The fourth-order valence-corrected chi connectivity index (χ4v) is 3.42. The Morgan fingerprint density at radius 2 is 1.95 bits per heavy atom. The van der Waals surface area contributed by atoms with Crippen molar-refractivity contribution in [1.82, 2.24) is 4.90 Å². The molecule has 0 aromatic heterocycles. The van der Waals surface area contributed by atoms with E-state index in [9.17, 15) is 14.7 Å². The zero-order chi connectivity index (χ0) is 15.9. The highest BCUT2D eigenvalue weighted by atomic mass is 16.4. The first-order valence-corrected chi connectivity index (χ1v) is 7.76. The lowest BCUT2D eigenvalue weighted by atomic mass is 9.90. The Bertz CT molecular complexity index is 598. The molecule has 0 bridgehead atoms. The van der Waals surface area contributed by atoms with Gasteiger partial charge in [0.25, 0.3) is 0 Å². The molecule has 5 nitrogen and oxygen atoms in total. The van der Waals surface area contributed by atoms with Crippen LogP contribution in [0.15, 0.2) is 24.3 Å². The van der Waals surface area contributed by atoms with Gasteiger partial charge in [-0.3, -0.25) is 14.5 Å². The van der Waals surface area contributed by atoms with Crippen molar-refractivity contribution >= 4 is 17.6 Å². The summed E-state index contributed by atoms with van der Waals surface area (Å²) in [5.74, 6) is -0.672. The third kappa shape index (κ3) is 2.50. The average molecular weight is 302 g/mol. The summed E-state index contributed by atoms with van der Waals surface area (Å²) < 4.78 is 0. The van der Waals surface area contributed by atoms with Crippen LogP contribution in [0.5, 0.6) is 0 Å². The van der Waals surface area contributed by atoms with Gasteiger partial charge in [-0.2, -0.15) is 0 Å². The standard InChI is InChI=1S/C17H22N2O3/c1-12-3-5-13(6-4-12)19-9-7-14(15(19)20)18-10-8-17(2,11-18)16(21)22/h3-6,14H,7-11H2,1-2H3,(H,21,22). The van der Waals surface area contributed by atoms with E-state index in [2.05, 4.69) is 0 Å². The second kappa shape index (κ2) is 5.39. The van der Waals surface area contributed by atoms with E-state index in [0.717, 1.165) is 12.1 Å². The monoisotopic (exact) mass is 302 g/mol. The van der Waals surface area contributed by atoms with Crippen LogP contribution in [-0.2, 0) is 9.59 Å². The Morgan fingerprint density at radius 1 is 1.27 bits per heavy atom. The van der Waals surface area contributed by atoms with Crippen molar-refractivity contribution in [2.75, 3.05) is 24.5 Å². The summed E-state index contributed by atoms with van der Waals surface area (Å²) in [6.45, 7) is 5.64. The van der Waals surface area contributed by atoms with E-state index in [1.165, 1.54) is 5.56 Å². The van der Waals surface area contributed by atoms with Gasteiger partial charge >= 0.3 is 5.97 Å². The molecule has 0 aliphatic carbocycles. The Balaban J connectivity index is 1.72. The van der Waals surface area contributed by atoms with Gasteiger partial charge < -0.3 is 10.0 Å². The van der Waals surface area contributed by atoms with Gasteiger partial charge in [0.2, 0.25) is 5.91 Å². The van der Waals surface area contributed by atoms with Gasteiger partial charge in [-0.1, -0.05) is 17.7 Å². The summed E-state index contributed by atoms with van der Waals surface area (Å²) in [6.07, 6.45) is 1.37. The molecule has 0 radical (unpaired) electrons. The molecule has 5 heteroatoms. The number of likely N-dealkylation sites (tertiary alicyclic amines) is 1. The fourth-order valence-electron chi connectivity index (χ4n) is 3.42. The molecule has 0 spiro atoms. The van der Waals surface area contributed by atoms with Crippen molar-refractivity contribution in [1.29, 1.82) is 0 Å². The number of carbonyl (C=O) groups excluding carboxylic acids is 1. The quantitative estimate of drug-likeness (QED) is 0.926. The maximum atomic E-state index is 12.7. The molecule has 1 aromatic rings. The lowest BCUT2D eigenvalue weighted by molar-refractivity contribution is -0.147. The number of amides is 1. The molecule has 2 atom stereocenters. The number of hydrogen-bond acceptors (Lipinski definition) is 3. The molecule has 2 aliphatic rings. The van der Waals surface area contributed by atoms with Crippen LogP contribution in [-0.4, -0.2) is 47.6 Å². The molecule has 118 valence electrons. The van der Waals surface area contributed by atoms with Crippen molar-refractivity contribution in [3.8, 4) is 0 Å². The van der Waals surface area contributed by atoms with Crippen LogP contribution in [0.25, 0.3) is 0 Å². The average Bonchev–Trinajstić information content (AvgIpc) is 3.04. The number of aliphatic carboxylic acids is 1. The SMILES string of the molecule is Cc1ccc(N2CCC(N3CCC(C)(C(=O)O)C3)C2=O)cc1. The Labute approximate surface area is 130 Å². The summed E-state index contributed by atoms with van der Waals surface area (Å²) in [7, 11) is 0. The maximum Gasteiger partial charge on any atom is 0.310 e. The van der Waals surface area contributed by atoms with E-state index < -0.39 is 11.4 Å². The summed E-state index contributed by atoms with van der Waals surface area (Å²) in [4.78, 5) is 27.9. The van der Waals surface area contributed by atoms with Crippen LogP contribution < -0.4 is 4.90 Å². The summed E-state index contributed by atoms with van der Waals surface area (Å²) >= 11 is 0. The predicted octanol–water partition coefficient (Wildman–Crippen LogP) is 1.90. The number of anilines is 1. The van der Waals surface area contributed by atoms with Crippen LogP contribution in [0.3, 0.4) is 0 Å². The van der Waals surface area contributed by atoms with E-state index in [0.29, 0.717) is 26.1 Å². The number of carbonyl (C=O) groups is 2. The molecule has 22 heavy (non-hydrogen) atoms. The van der Waals surface area contributed by atoms with E-state index in [1.807, 2.05) is 41.0 Å². The van der Waals surface area contributed by atoms with Gasteiger partial charge in [-0.05, 0) is 38.8 Å². The fraction of sp³-hybridized carbons (Fsp3) is 0.529. The van der Waals surface area contributed by atoms with Gasteiger partial charge in [0, 0.05) is 25.3 Å². The number of hydrogen-bond donors (Lipinski definition) is 1. The second-order valence-corrected chi connectivity index (χ2v) is 6.72. The number of benzene rings is 1. The predicted molar refractivity (Wildman–Crippen MR) is 83.9 cm³/mol. The number of carboxylic acids is 1. The topological polar surface area (TPSA) is 60.9 Å². The minimum absolute atomic E-state index is 0.0958. The molecular weight excluding hydrogens is 280 g/mol. The number of aryl methyl sites for hydroxylation is 1. The van der Waals surface area contributed by atoms with Crippen LogP contribution in [0.2, 0.25) is 0 Å². The van der Waals surface area contributed by atoms with Crippen molar-refractivity contribution in [2.45, 2.75) is 32.7 Å². The van der Waals surface area contributed by atoms with Crippen LogP contribution in [0, 0.1) is 12.3 Å². The molecule has 1 amide bonds. The normalized spacial score (nSPS) is 29.3. The highest BCUT2D eigenvalue weighted by molar-refractivity contribution is 5.99. The van der Waals surface area contributed by atoms with Gasteiger partial charge in [0.05, 0.1) is 11.5 Å². The second-order valence-electron chi connectivity index (χ2n) is 6.72. The molecule has 3 rings (SSSR count). The highest BCUT2D eigenvalue weighted by Crippen LogP contribution is 2.34. The number of nitrogens with zero attached hydrogens (tertiary/aromatic N) is 2. The first kappa shape index (κ1) is 15.0. The molecule has 1 N–H and O–H groups in total. The molecule has 1 aromatic carbocycles.